The third-order valence-electron chi connectivity index (χ3n) is 6.85. The highest BCUT2D eigenvalue weighted by Gasteiger charge is 2.93. The average molecular weight is 386 g/mol. The first kappa shape index (κ1) is 19.5. The van der Waals surface area contributed by atoms with Crippen LogP contribution in [0.25, 0.3) is 0 Å². The Morgan fingerprint density at radius 1 is 0.857 bits per heavy atom. The second-order valence-corrected chi connectivity index (χ2v) is 8.29. The van der Waals surface area contributed by atoms with E-state index < -0.39 is 47.5 Å². The predicted octanol–water partition coefficient (Wildman–Crippen LogP) is 0.105. The van der Waals surface area contributed by atoms with Crippen LogP contribution in [-0.4, -0.2) is 66.3 Å². The Kier molecular flexibility index (Phi) is 4.25. The van der Waals surface area contributed by atoms with Gasteiger partial charge in [-0.2, -0.15) is 0 Å². The van der Waals surface area contributed by atoms with Crippen LogP contribution in [0.4, 0.5) is 0 Å². The van der Waals surface area contributed by atoms with Crippen LogP contribution in [0.5, 0.6) is 0 Å². The first-order valence-electron chi connectivity index (χ1n) is 9.41. The van der Waals surface area contributed by atoms with E-state index in [1.54, 1.807) is 48.5 Å². The summed E-state index contributed by atoms with van der Waals surface area (Å²) in [7, 11) is 0. The molecule has 4 rings (SSSR count). The molecule has 0 radical (unpaired) electrons. The van der Waals surface area contributed by atoms with E-state index in [9.17, 15) is 30.6 Å². The molecule has 0 bridgehead atoms. The van der Waals surface area contributed by atoms with Crippen molar-refractivity contribution in [3.63, 3.8) is 0 Å². The number of aliphatic hydroxyl groups excluding tert-OH is 3. The van der Waals surface area contributed by atoms with Crippen molar-refractivity contribution in [1.82, 2.24) is 0 Å². The first-order valence-corrected chi connectivity index (χ1v) is 9.41. The zero-order valence-electron chi connectivity index (χ0n) is 15.8. The molecule has 6 heteroatoms. The highest BCUT2D eigenvalue weighted by Crippen LogP contribution is 2.75. The molecule has 0 spiro atoms. The minimum Gasteiger partial charge on any atom is -0.394 e. The number of aliphatic hydroxyl groups is 6. The van der Waals surface area contributed by atoms with Crippen molar-refractivity contribution >= 4 is 0 Å². The standard InChI is InChI=1S/C22H26O6/c1-12-3-7-14(8-4-12)17-19(25)21(27)18(15-9-5-13(2)6-10-15)20(26,16(24)11-23)22(17,21)28/h3-10,16-19,23-28H,11H2,1-2H3/t16-,17?,18?,19?,20+,21+,22+/m1/s1. The maximum absolute atomic E-state index is 11.5. The van der Waals surface area contributed by atoms with E-state index in [1.807, 2.05) is 13.8 Å². The van der Waals surface area contributed by atoms with Gasteiger partial charge in [-0.25, -0.2) is 0 Å². The monoisotopic (exact) mass is 386 g/mol. The average Bonchev–Trinajstić information content (AvgIpc) is 2.69. The Balaban J connectivity index is 1.84. The summed E-state index contributed by atoms with van der Waals surface area (Å²) in [5, 5.41) is 65.1. The highest BCUT2D eigenvalue weighted by molar-refractivity contribution is 5.55. The van der Waals surface area contributed by atoms with E-state index in [2.05, 4.69) is 0 Å². The SMILES string of the molecule is Cc1ccc(C2C(O)[C@@]3(O)C(c4ccc(C)cc4)[C@@](O)([C@H](O)CO)[C@@]23O)cc1. The van der Waals surface area contributed by atoms with Crippen molar-refractivity contribution < 1.29 is 30.6 Å². The van der Waals surface area contributed by atoms with E-state index in [0.717, 1.165) is 11.1 Å². The summed E-state index contributed by atoms with van der Waals surface area (Å²) < 4.78 is 0. The van der Waals surface area contributed by atoms with Gasteiger partial charge in [0.2, 0.25) is 0 Å². The van der Waals surface area contributed by atoms with Gasteiger partial charge in [-0.1, -0.05) is 59.7 Å². The lowest BCUT2D eigenvalue weighted by Crippen LogP contribution is -2.99. The van der Waals surface area contributed by atoms with E-state index in [1.165, 1.54) is 0 Å². The highest BCUT2D eigenvalue weighted by atomic mass is 16.5. The van der Waals surface area contributed by atoms with Gasteiger partial charge in [-0.05, 0) is 25.0 Å². The summed E-state index contributed by atoms with van der Waals surface area (Å²) in [6, 6.07) is 14.0. The summed E-state index contributed by atoms with van der Waals surface area (Å²) >= 11 is 0. The Bertz CT molecular complexity index is 879. The van der Waals surface area contributed by atoms with Crippen molar-refractivity contribution in [2.45, 2.75) is 54.7 Å². The van der Waals surface area contributed by atoms with Crippen LogP contribution in [-0.2, 0) is 0 Å². The normalized spacial score (nSPS) is 40.2. The molecule has 150 valence electrons. The van der Waals surface area contributed by atoms with E-state index >= 15 is 0 Å². The van der Waals surface area contributed by atoms with Crippen molar-refractivity contribution in [3.05, 3.63) is 70.8 Å². The van der Waals surface area contributed by atoms with Crippen LogP contribution in [0.15, 0.2) is 48.5 Å². The van der Waals surface area contributed by atoms with Gasteiger partial charge in [0.1, 0.15) is 22.9 Å². The minimum atomic E-state index is -2.24. The molecule has 2 aromatic rings. The van der Waals surface area contributed by atoms with Crippen LogP contribution >= 0.6 is 0 Å². The third-order valence-corrected chi connectivity index (χ3v) is 6.85. The first-order chi connectivity index (χ1) is 13.1. The lowest BCUT2D eigenvalue weighted by atomic mass is 9.30. The van der Waals surface area contributed by atoms with E-state index in [4.69, 9.17) is 0 Å². The van der Waals surface area contributed by atoms with Crippen molar-refractivity contribution in [2.75, 3.05) is 6.61 Å². The summed E-state index contributed by atoms with van der Waals surface area (Å²) in [6.07, 6.45) is -3.05. The molecule has 6 nitrogen and oxygen atoms in total. The smallest absolute Gasteiger partial charge is 0.138 e. The third kappa shape index (κ3) is 2.03. The lowest BCUT2D eigenvalue weighted by Gasteiger charge is -2.80. The van der Waals surface area contributed by atoms with Gasteiger partial charge < -0.3 is 30.6 Å². The van der Waals surface area contributed by atoms with Gasteiger partial charge in [0.25, 0.3) is 0 Å². The topological polar surface area (TPSA) is 121 Å². The fraction of sp³-hybridized carbons (Fsp3) is 0.455. The summed E-state index contributed by atoms with van der Waals surface area (Å²) in [4.78, 5) is 0. The Morgan fingerprint density at radius 3 is 1.79 bits per heavy atom. The van der Waals surface area contributed by atoms with Crippen LogP contribution in [0, 0.1) is 13.8 Å². The van der Waals surface area contributed by atoms with Gasteiger partial charge in [0.15, 0.2) is 0 Å². The molecule has 2 aromatic carbocycles. The molecule has 0 heterocycles. The van der Waals surface area contributed by atoms with Crippen molar-refractivity contribution in [2.24, 2.45) is 0 Å². The van der Waals surface area contributed by atoms with Gasteiger partial charge in [0, 0.05) is 5.92 Å². The molecule has 2 aliphatic carbocycles. The Hall–Kier alpha value is -1.80. The zero-order chi connectivity index (χ0) is 20.5. The molecule has 0 aromatic heterocycles. The molecule has 0 amide bonds. The quantitative estimate of drug-likeness (QED) is 0.444. The van der Waals surface area contributed by atoms with Gasteiger partial charge in [-0.3, -0.25) is 0 Å². The Labute approximate surface area is 163 Å². The number of hydrogen-bond acceptors (Lipinski definition) is 6. The maximum Gasteiger partial charge on any atom is 0.138 e. The summed E-state index contributed by atoms with van der Waals surface area (Å²) in [5.41, 5.74) is -3.56. The number of fused-ring (bicyclic) bond motifs is 1. The van der Waals surface area contributed by atoms with Gasteiger partial charge in [0.05, 0.1) is 18.6 Å². The molecule has 0 saturated heterocycles. The number of rotatable bonds is 4. The number of benzene rings is 2. The van der Waals surface area contributed by atoms with Crippen molar-refractivity contribution in [3.8, 4) is 0 Å². The summed E-state index contributed by atoms with van der Waals surface area (Å²) in [6.45, 7) is 2.98. The molecule has 7 atom stereocenters. The fourth-order valence-electron chi connectivity index (χ4n) is 5.35. The molecule has 6 N–H and O–H groups in total. The van der Waals surface area contributed by atoms with Crippen molar-refractivity contribution in [1.29, 1.82) is 0 Å². The second kappa shape index (κ2) is 6.10. The molecule has 3 unspecified atom stereocenters. The van der Waals surface area contributed by atoms with Crippen LogP contribution in [0.2, 0.25) is 0 Å². The zero-order valence-corrected chi connectivity index (χ0v) is 15.8. The van der Waals surface area contributed by atoms with E-state index in [0.29, 0.717) is 11.1 Å². The summed E-state index contributed by atoms with van der Waals surface area (Å²) in [5.74, 6) is -2.17. The number of aryl methyl sites for hydroxylation is 2. The molecular formula is C22H26O6. The molecule has 2 saturated carbocycles. The predicted molar refractivity (Wildman–Crippen MR) is 102 cm³/mol. The molecule has 0 aliphatic heterocycles. The molecule has 28 heavy (non-hydrogen) atoms. The van der Waals surface area contributed by atoms with E-state index in [-0.39, 0.29) is 0 Å². The van der Waals surface area contributed by atoms with Crippen LogP contribution in [0.1, 0.15) is 34.1 Å². The molecular weight excluding hydrogens is 360 g/mol. The molecule has 2 fully saturated rings. The largest absolute Gasteiger partial charge is 0.394 e. The number of hydrogen-bond donors (Lipinski definition) is 6. The van der Waals surface area contributed by atoms with Crippen LogP contribution < -0.4 is 0 Å². The van der Waals surface area contributed by atoms with Gasteiger partial charge in [-0.15, -0.1) is 0 Å². The molecule has 2 aliphatic rings. The Morgan fingerprint density at radius 2 is 1.32 bits per heavy atom. The minimum absolute atomic E-state index is 0.467. The maximum atomic E-state index is 11.5. The van der Waals surface area contributed by atoms with Crippen LogP contribution in [0.3, 0.4) is 0 Å². The van der Waals surface area contributed by atoms with Gasteiger partial charge >= 0.3 is 0 Å². The lowest BCUT2D eigenvalue weighted by molar-refractivity contribution is -0.459. The second-order valence-electron chi connectivity index (χ2n) is 8.29. The fourth-order valence-corrected chi connectivity index (χ4v) is 5.35.